The predicted molar refractivity (Wildman–Crippen MR) is 101 cm³/mol. The topological polar surface area (TPSA) is 79.0 Å². The van der Waals surface area contributed by atoms with E-state index >= 15 is 0 Å². The number of nitrogens with one attached hydrogen (secondary N) is 1. The molecule has 0 spiro atoms. The van der Waals surface area contributed by atoms with Crippen molar-refractivity contribution >= 4 is 34.9 Å². The largest absolute Gasteiger partial charge is 0.573 e. The van der Waals surface area contributed by atoms with Crippen molar-refractivity contribution < 1.29 is 32.3 Å². The molecule has 1 aromatic carbocycles. The molecule has 1 aromatic heterocycles. The Bertz CT molecular complexity index is 962. The lowest BCUT2D eigenvalue weighted by Gasteiger charge is -2.32. The molecule has 30 heavy (non-hydrogen) atoms. The summed E-state index contributed by atoms with van der Waals surface area (Å²) in [6.07, 6.45) is -4.06. The van der Waals surface area contributed by atoms with Gasteiger partial charge in [0.05, 0.1) is 10.6 Å². The van der Waals surface area contributed by atoms with Crippen LogP contribution < -0.4 is 15.0 Å². The predicted octanol–water partition coefficient (Wildman–Crippen LogP) is 3.38. The molecule has 2 fully saturated rings. The number of rotatable bonds is 4. The summed E-state index contributed by atoms with van der Waals surface area (Å²) in [7, 11) is 0. The van der Waals surface area contributed by atoms with Gasteiger partial charge in [0.1, 0.15) is 11.8 Å². The molecule has 158 valence electrons. The highest BCUT2D eigenvalue weighted by Gasteiger charge is 2.48. The number of anilines is 1. The molecule has 2 saturated heterocycles. The summed E-state index contributed by atoms with van der Waals surface area (Å²) in [5.74, 6) is -1.14. The van der Waals surface area contributed by atoms with E-state index < -0.39 is 30.1 Å². The van der Waals surface area contributed by atoms with Gasteiger partial charge in [-0.05, 0) is 48.6 Å². The summed E-state index contributed by atoms with van der Waals surface area (Å²) in [6, 6.07) is 6.49. The zero-order chi connectivity index (χ0) is 21.5. The second-order valence-corrected chi connectivity index (χ2v) is 7.83. The number of nitrogens with zero attached hydrogens (tertiary/aromatic N) is 2. The first-order chi connectivity index (χ1) is 14.2. The number of urea groups is 1. The molecule has 2 atom stereocenters. The van der Waals surface area contributed by atoms with Gasteiger partial charge in [-0.1, -0.05) is 6.07 Å². The van der Waals surface area contributed by atoms with Crippen molar-refractivity contribution in [2.24, 2.45) is 0 Å². The van der Waals surface area contributed by atoms with Gasteiger partial charge < -0.3 is 15.0 Å². The van der Waals surface area contributed by atoms with Gasteiger partial charge in [-0.3, -0.25) is 9.59 Å². The highest BCUT2D eigenvalue weighted by molar-refractivity contribution is 7.12. The first-order valence-electron chi connectivity index (χ1n) is 9.08. The number of amides is 4. The van der Waals surface area contributed by atoms with Crippen molar-refractivity contribution in [2.45, 2.75) is 31.3 Å². The number of halogens is 3. The molecule has 0 aliphatic carbocycles. The van der Waals surface area contributed by atoms with Gasteiger partial charge in [0, 0.05) is 12.6 Å². The van der Waals surface area contributed by atoms with Gasteiger partial charge in [0.15, 0.2) is 0 Å². The van der Waals surface area contributed by atoms with Crippen LogP contribution in [0.15, 0.2) is 41.8 Å². The van der Waals surface area contributed by atoms with E-state index in [-0.39, 0.29) is 30.6 Å². The molecular formula is C19H16F3N3O4S. The van der Waals surface area contributed by atoms with Crippen molar-refractivity contribution in [3.8, 4) is 5.75 Å². The van der Waals surface area contributed by atoms with E-state index in [2.05, 4.69) is 10.1 Å². The molecule has 4 amide bonds. The van der Waals surface area contributed by atoms with E-state index in [9.17, 15) is 27.6 Å². The number of benzene rings is 1. The molecule has 3 heterocycles. The Morgan fingerprint density at radius 3 is 2.53 bits per heavy atom. The van der Waals surface area contributed by atoms with Crippen LogP contribution in [0.4, 0.5) is 23.7 Å². The minimum absolute atomic E-state index is 0.160. The Morgan fingerprint density at radius 2 is 1.90 bits per heavy atom. The maximum absolute atomic E-state index is 12.9. The first kappa shape index (κ1) is 20.2. The molecule has 11 heteroatoms. The monoisotopic (exact) mass is 439 g/mol. The Labute approximate surface area is 173 Å². The van der Waals surface area contributed by atoms with Gasteiger partial charge in [-0.15, -0.1) is 24.5 Å². The minimum atomic E-state index is -4.83. The van der Waals surface area contributed by atoms with Crippen molar-refractivity contribution in [2.75, 3.05) is 11.4 Å². The quantitative estimate of drug-likeness (QED) is 0.741. The lowest BCUT2D eigenvalue weighted by atomic mass is 9.98. The van der Waals surface area contributed by atoms with E-state index in [1.54, 1.807) is 17.5 Å². The lowest BCUT2D eigenvalue weighted by Crippen LogP contribution is -2.49. The molecule has 2 aliphatic rings. The fourth-order valence-corrected chi connectivity index (χ4v) is 4.26. The maximum Gasteiger partial charge on any atom is 0.573 e. The second-order valence-electron chi connectivity index (χ2n) is 6.88. The number of fused-ring (bicyclic) bond motifs is 1. The molecule has 0 saturated carbocycles. The van der Waals surface area contributed by atoms with Crippen LogP contribution in [0, 0.1) is 0 Å². The van der Waals surface area contributed by atoms with Crippen LogP contribution in [0.5, 0.6) is 5.75 Å². The second kappa shape index (κ2) is 7.63. The van der Waals surface area contributed by atoms with Gasteiger partial charge in [0.2, 0.25) is 0 Å². The van der Waals surface area contributed by atoms with Crippen LogP contribution >= 0.6 is 11.3 Å². The molecule has 1 N–H and O–H groups in total. The van der Waals surface area contributed by atoms with Crippen LogP contribution in [0.2, 0.25) is 0 Å². The SMILES string of the molecule is O=C(N[C@H]1CCN2C(=O)N(c3ccc(OC(F)(F)F)cc3)C(=O)[C@@H]2C1)c1cccs1. The zero-order valence-corrected chi connectivity index (χ0v) is 16.2. The lowest BCUT2D eigenvalue weighted by molar-refractivity contribution is -0.274. The Balaban J connectivity index is 1.45. The van der Waals surface area contributed by atoms with Gasteiger partial charge >= 0.3 is 12.4 Å². The van der Waals surface area contributed by atoms with Crippen molar-refractivity contribution in [3.05, 3.63) is 46.7 Å². The van der Waals surface area contributed by atoms with Crippen molar-refractivity contribution in [3.63, 3.8) is 0 Å². The molecule has 7 nitrogen and oxygen atoms in total. The highest BCUT2D eigenvalue weighted by Crippen LogP contribution is 2.32. The molecule has 0 bridgehead atoms. The third kappa shape index (κ3) is 3.97. The van der Waals surface area contributed by atoms with E-state index in [0.717, 1.165) is 17.0 Å². The normalized spacial score (nSPS) is 21.6. The number of imide groups is 1. The van der Waals surface area contributed by atoms with Crippen molar-refractivity contribution in [1.29, 1.82) is 0 Å². The van der Waals surface area contributed by atoms with Gasteiger partial charge in [-0.2, -0.15) is 0 Å². The molecule has 2 aliphatic heterocycles. The number of thiophene rings is 1. The maximum atomic E-state index is 12.9. The number of piperidine rings is 1. The highest BCUT2D eigenvalue weighted by atomic mass is 32.1. The van der Waals surface area contributed by atoms with Crippen LogP contribution in [0.3, 0.4) is 0 Å². The molecule has 4 rings (SSSR count). The molecule has 0 unspecified atom stereocenters. The zero-order valence-electron chi connectivity index (χ0n) is 15.4. The molecule has 0 radical (unpaired) electrons. The molecular weight excluding hydrogens is 423 g/mol. The van der Waals surface area contributed by atoms with Crippen LogP contribution in [0.1, 0.15) is 22.5 Å². The summed E-state index contributed by atoms with van der Waals surface area (Å²) >= 11 is 1.31. The fourth-order valence-electron chi connectivity index (χ4n) is 3.63. The number of alkyl halides is 3. The number of hydrogen-bond acceptors (Lipinski definition) is 5. The number of carbonyl (C=O) groups is 3. The number of ether oxygens (including phenoxy) is 1. The Hall–Kier alpha value is -3.08. The average molecular weight is 439 g/mol. The standard InChI is InChI=1S/C19H16F3N3O4S/c20-19(21,22)29-13-5-3-12(4-6-13)25-17(27)14-10-11(7-8-24(14)18(25)28)23-16(26)15-2-1-9-30-15/h1-6,9,11,14H,7-8,10H2,(H,23,26)/t11-,14-/m0/s1. The Morgan fingerprint density at radius 1 is 1.17 bits per heavy atom. The first-order valence-corrected chi connectivity index (χ1v) is 9.95. The van der Waals surface area contributed by atoms with Crippen molar-refractivity contribution in [1.82, 2.24) is 10.2 Å². The van der Waals surface area contributed by atoms with Gasteiger partial charge in [0.25, 0.3) is 11.8 Å². The number of hydrogen-bond donors (Lipinski definition) is 1. The summed E-state index contributed by atoms with van der Waals surface area (Å²) in [5.41, 5.74) is 0.160. The van der Waals surface area contributed by atoms with E-state index in [4.69, 9.17) is 0 Å². The van der Waals surface area contributed by atoms with E-state index in [0.29, 0.717) is 11.3 Å². The third-order valence-electron chi connectivity index (χ3n) is 4.95. The van der Waals surface area contributed by atoms with E-state index in [1.807, 2.05) is 0 Å². The smallest absolute Gasteiger partial charge is 0.406 e. The Kier molecular flexibility index (Phi) is 5.14. The average Bonchev–Trinajstić information content (AvgIpc) is 3.30. The third-order valence-corrected chi connectivity index (χ3v) is 5.82. The molecule has 2 aromatic rings. The summed E-state index contributed by atoms with van der Waals surface area (Å²) < 4.78 is 40.7. The number of carbonyl (C=O) groups excluding carboxylic acids is 3. The summed E-state index contributed by atoms with van der Waals surface area (Å²) in [6.45, 7) is 0.288. The van der Waals surface area contributed by atoms with Crippen LogP contribution in [-0.4, -0.2) is 47.7 Å². The summed E-state index contributed by atoms with van der Waals surface area (Å²) in [4.78, 5) is 40.8. The van der Waals surface area contributed by atoms with E-state index in [1.165, 1.54) is 28.4 Å². The fraction of sp³-hybridized carbons (Fsp3) is 0.316. The van der Waals surface area contributed by atoms with Crippen LogP contribution in [0.25, 0.3) is 0 Å². The van der Waals surface area contributed by atoms with Gasteiger partial charge in [-0.25, -0.2) is 9.69 Å². The summed E-state index contributed by atoms with van der Waals surface area (Å²) in [5, 5.41) is 4.68. The minimum Gasteiger partial charge on any atom is -0.406 e. The van der Waals surface area contributed by atoms with Crippen LogP contribution in [-0.2, 0) is 4.79 Å².